The van der Waals surface area contributed by atoms with E-state index in [4.69, 9.17) is 16.0 Å². The first-order chi connectivity index (χ1) is 5.83. The maximum atomic E-state index is 6.09. The maximum absolute atomic E-state index is 6.09. The van der Waals surface area contributed by atoms with Crippen molar-refractivity contribution in [2.75, 3.05) is 0 Å². The average Bonchev–Trinajstić information content (AvgIpc) is 2.53. The molecular formula is C10H9ClO. The minimum Gasteiger partial charge on any atom is -0.463 e. The summed E-state index contributed by atoms with van der Waals surface area (Å²) in [6, 6.07) is 5.99. The van der Waals surface area contributed by atoms with E-state index >= 15 is 0 Å². The van der Waals surface area contributed by atoms with Crippen molar-refractivity contribution < 1.29 is 4.42 Å². The lowest BCUT2D eigenvalue weighted by Crippen LogP contribution is -1.80. The minimum atomic E-state index is 0.750. The van der Waals surface area contributed by atoms with Crippen LogP contribution in [0.3, 0.4) is 0 Å². The van der Waals surface area contributed by atoms with Gasteiger partial charge in [-0.1, -0.05) is 30.7 Å². The Morgan fingerprint density at radius 3 is 2.92 bits per heavy atom. The summed E-state index contributed by atoms with van der Waals surface area (Å²) >= 11 is 6.09. The molecule has 0 spiro atoms. The number of halogens is 1. The van der Waals surface area contributed by atoms with Crippen LogP contribution in [-0.4, -0.2) is 0 Å². The van der Waals surface area contributed by atoms with Crippen LogP contribution in [0.25, 0.3) is 11.0 Å². The highest BCUT2D eigenvalue weighted by atomic mass is 35.5. The normalized spacial score (nSPS) is 10.8. The number of rotatable bonds is 1. The van der Waals surface area contributed by atoms with Crippen LogP contribution in [0, 0.1) is 0 Å². The van der Waals surface area contributed by atoms with Gasteiger partial charge in [-0.15, -0.1) is 0 Å². The first kappa shape index (κ1) is 7.69. The molecule has 0 unspecified atom stereocenters. The number of furan rings is 1. The Bertz CT molecular complexity index is 403. The lowest BCUT2D eigenvalue weighted by atomic mass is 10.1. The molecule has 1 nitrogen and oxygen atoms in total. The Morgan fingerprint density at radius 2 is 2.17 bits per heavy atom. The van der Waals surface area contributed by atoms with Crippen molar-refractivity contribution in [3.05, 3.63) is 35.0 Å². The summed E-state index contributed by atoms with van der Waals surface area (Å²) in [5.74, 6) is 0. The van der Waals surface area contributed by atoms with E-state index in [1.165, 1.54) is 0 Å². The molecule has 0 fully saturated rings. The van der Waals surface area contributed by atoms with E-state index in [0.29, 0.717) is 0 Å². The molecule has 0 saturated carbocycles. The summed E-state index contributed by atoms with van der Waals surface area (Å²) in [5, 5.41) is 1.82. The summed E-state index contributed by atoms with van der Waals surface area (Å²) < 4.78 is 5.26. The topological polar surface area (TPSA) is 13.1 Å². The zero-order chi connectivity index (χ0) is 8.55. The molecule has 2 aromatic rings. The number of aryl methyl sites for hydroxylation is 1. The number of benzene rings is 1. The first-order valence-corrected chi connectivity index (χ1v) is 4.35. The van der Waals surface area contributed by atoms with Gasteiger partial charge in [-0.25, -0.2) is 0 Å². The highest BCUT2D eigenvalue weighted by Gasteiger charge is 2.05. The molecule has 62 valence electrons. The minimum absolute atomic E-state index is 0.750. The fourth-order valence-electron chi connectivity index (χ4n) is 1.31. The summed E-state index contributed by atoms with van der Waals surface area (Å²) in [6.45, 7) is 2.08. The molecule has 0 atom stereocenters. The van der Waals surface area contributed by atoms with Crippen LogP contribution < -0.4 is 0 Å². The highest BCUT2D eigenvalue weighted by molar-refractivity contribution is 6.35. The average molecular weight is 181 g/mol. The van der Waals surface area contributed by atoms with Gasteiger partial charge in [0.05, 0.1) is 11.3 Å². The Labute approximate surface area is 75.9 Å². The van der Waals surface area contributed by atoms with Gasteiger partial charge in [-0.2, -0.15) is 0 Å². The van der Waals surface area contributed by atoms with E-state index in [2.05, 4.69) is 6.92 Å². The Balaban J connectivity index is 2.78. The Hall–Kier alpha value is -0.950. The van der Waals surface area contributed by atoms with Crippen LogP contribution in [-0.2, 0) is 6.42 Å². The van der Waals surface area contributed by atoms with Crippen LogP contribution in [0.4, 0.5) is 0 Å². The molecule has 0 bridgehead atoms. The molecular weight excluding hydrogens is 172 g/mol. The second-order valence-electron chi connectivity index (χ2n) is 2.73. The van der Waals surface area contributed by atoms with Crippen molar-refractivity contribution >= 4 is 22.6 Å². The lowest BCUT2D eigenvalue weighted by molar-refractivity contribution is 0.615. The molecule has 0 saturated heterocycles. The van der Waals surface area contributed by atoms with E-state index in [-0.39, 0.29) is 0 Å². The summed E-state index contributed by atoms with van der Waals surface area (Å²) in [6.07, 6.45) is 2.60. The quantitative estimate of drug-likeness (QED) is 0.653. The monoisotopic (exact) mass is 180 g/mol. The zero-order valence-electron chi connectivity index (χ0n) is 6.80. The van der Waals surface area contributed by atoms with Crippen molar-refractivity contribution in [1.82, 2.24) is 0 Å². The van der Waals surface area contributed by atoms with E-state index in [9.17, 15) is 0 Å². The fourth-order valence-corrected chi connectivity index (χ4v) is 1.66. The SMILES string of the molecule is CCc1ccc2ccoc2c1Cl. The standard InChI is InChI=1S/C10H9ClO/c1-2-7-3-4-8-5-6-12-10(8)9(7)11/h3-6H,2H2,1H3. The Kier molecular flexibility index (Phi) is 1.81. The predicted molar refractivity (Wildman–Crippen MR) is 50.6 cm³/mol. The molecule has 1 heterocycles. The van der Waals surface area contributed by atoms with Crippen molar-refractivity contribution in [2.24, 2.45) is 0 Å². The third-order valence-corrected chi connectivity index (χ3v) is 2.44. The van der Waals surface area contributed by atoms with Crippen molar-refractivity contribution in [3.63, 3.8) is 0 Å². The van der Waals surface area contributed by atoms with Crippen molar-refractivity contribution in [2.45, 2.75) is 13.3 Å². The van der Waals surface area contributed by atoms with Gasteiger partial charge in [-0.05, 0) is 18.1 Å². The molecule has 0 N–H and O–H groups in total. The van der Waals surface area contributed by atoms with Gasteiger partial charge in [0.15, 0.2) is 5.58 Å². The molecule has 0 aliphatic heterocycles. The maximum Gasteiger partial charge on any atom is 0.152 e. The molecule has 0 aliphatic carbocycles. The summed E-state index contributed by atoms with van der Waals surface area (Å²) in [5.41, 5.74) is 1.94. The van der Waals surface area contributed by atoms with Gasteiger partial charge in [0, 0.05) is 5.39 Å². The lowest BCUT2D eigenvalue weighted by Gasteiger charge is -1.99. The second-order valence-corrected chi connectivity index (χ2v) is 3.11. The van der Waals surface area contributed by atoms with Crippen LogP contribution in [0.1, 0.15) is 12.5 Å². The zero-order valence-corrected chi connectivity index (χ0v) is 7.56. The molecule has 1 aromatic carbocycles. The van der Waals surface area contributed by atoms with E-state index in [0.717, 1.165) is 28.0 Å². The van der Waals surface area contributed by atoms with Crippen LogP contribution in [0.5, 0.6) is 0 Å². The van der Waals surface area contributed by atoms with Crippen molar-refractivity contribution in [1.29, 1.82) is 0 Å². The largest absolute Gasteiger partial charge is 0.463 e. The molecule has 0 radical (unpaired) electrons. The van der Waals surface area contributed by atoms with Gasteiger partial charge >= 0.3 is 0 Å². The highest BCUT2D eigenvalue weighted by Crippen LogP contribution is 2.28. The van der Waals surface area contributed by atoms with Crippen LogP contribution in [0.2, 0.25) is 5.02 Å². The van der Waals surface area contributed by atoms with E-state index < -0.39 is 0 Å². The number of fused-ring (bicyclic) bond motifs is 1. The van der Waals surface area contributed by atoms with Gasteiger partial charge in [0.2, 0.25) is 0 Å². The van der Waals surface area contributed by atoms with Crippen LogP contribution in [0.15, 0.2) is 28.9 Å². The van der Waals surface area contributed by atoms with Crippen LogP contribution >= 0.6 is 11.6 Å². The number of hydrogen-bond donors (Lipinski definition) is 0. The van der Waals surface area contributed by atoms with E-state index in [1.807, 2.05) is 18.2 Å². The Morgan fingerprint density at radius 1 is 1.33 bits per heavy atom. The van der Waals surface area contributed by atoms with E-state index in [1.54, 1.807) is 6.26 Å². The molecule has 2 rings (SSSR count). The van der Waals surface area contributed by atoms with Gasteiger partial charge in [0.25, 0.3) is 0 Å². The first-order valence-electron chi connectivity index (χ1n) is 3.97. The second kappa shape index (κ2) is 2.83. The molecule has 12 heavy (non-hydrogen) atoms. The third-order valence-electron chi connectivity index (χ3n) is 2.02. The molecule has 1 aromatic heterocycles. The van der Waals surface area contributed by atoms with Gasteiger partial charge in [-0.3, -0.25) is 0 Å². The third kappa shape index (κ3) is 1.01. The van der Waals surface area contributed by atoms with Gasteiger partial charge in [0.1, 0.15) is 0 Å². The van der Waals surface area contributed by atoms with Gasteiger partial charge < -0.3 is 4.42 Å². The predicted octanol–water partition coefficient (Wildman–Crippen LogP) is 3.65. The number of hydrogen-bond acceptors (Lipinski definition) is 1. The smallest absolute Gasteiger partial charge is 0.152 e. The van der Waals surface area contributed by atoms with Crippen molar-refractivity contribution in [3.8, 4) is 0 Å². The summed E-state index contributed by atoms with van der Waals surface area (Å²) in [7, 11) is 0. The molecule has 0 amide bonds. The fraction of sp³-hybridized carbons (Fsp3) is 0.200. The molecule has 0 aliphatic rings. The summed E-state index contributed by atoms with van der Waals surface area (Å²) in [4.78, 5) is 0. The molecule has 2 heteroatoms.